The summed E-state index contributed by atoms with van der Waals surface area (Å²) in [7, 11) is -9.92. The first-order valence-corrected chi connectivity index (χ1v) is 43.4. The Morgan fingerprint density at radius 1 is 0.316 bits per heavy atom. The maximum atomic E-state index is 13.1. The van der Waals surface area contributed by atoms with Crippen LogP contribution in [0.3, 0.4) is 0 Å². The first-order valence-electron chi connectivity index (χ1n) is 40.5. The molecule has 0 aliphatic heterocycles. The maximum Gasteiger partial charge on any atom is 0.472 e. The summed E-state index contributed by atoms with van der Waals surface area (Å²) in [4.78, 5) is 72.8. The molecule has 0 aliphatic carbocycles. The number of phosphoric ester groups is 2. The Labute approximate surface area is 599 Å². The van der Waals surface area contributed by atoms with Gasteiger partial charge in [0, 0.05) is 25.7 Å². The molecule has 578 valence electrons. The first kappa shape index (κ1) is 95.5. The fourth-order valence-corrected chi connectivity index (χ4v) is 13.3. The van der Waals surface area contributed by atoms with Gasteiger partial charge in [0.1, 0.15) is 19.3 Å². The molecule has 19 heteroatoms. The van der Waals surface area contributed by atoms with Crippen molar-refractivity contribution in [1.29, 1.82) is 0 Å². The highest BCUT2D eigenvalue weighted by molar-refractivity contribution is 7.47. The predicted molar refractivity (Wildman–Crippen MR) is 400 cm³/mol. The van der Waals surface area contributed by atoms with Crippen LogP contribution >= 0.6 is 15.6 Å². The number of aliphatic hydroxyl groups excluding tert-OH is 1. The van der Waals surface area contributed by atoms with Crippen LogP contribution in [0.1, 0.15) is 394 Å². The molecule has 0 aliphatic rings. The van der Waals surface area contributed by atoms with Crippen molar-refractivity contribution in [1.82, 2.24) is 0 Å². The largest absolute Gasteiger partial charge is 0.472 e. The van der Waals surface area contributed by atoms with Crippen LogP contribution in [0.15, 0.2) is 24.3 Å². The van der Waals surface area contributed by atoms with Crippen LogP contribution in [-0.4, -0.2) is 96.7 Å². The molecule has 0 saturated carbocycles. The van der Waals surface area contributed by atoms with E-state index in [9.17, 15) is 43.2 Å². The zero-order valence-electron chi connectivity index (χ0n) is 63.4. The van der Waals surface area contributed by atoms with E-state index in [1.165, 1.54) is 193 Å². The Morgan fingerprint density at radius 3 is 0.837 bits per heavy atom. The number of hydrogen-bond acceptors (Lipinski definition) is 15. The second kappa shape index (κ2) is 71.5. The van der Waals surface area contributed by atoms with Crippen molar-refractivity contribution in [2.45, 2.75) is 412 Å². The summed E-state index contributed by atoms with van der Waals surface area (Å²) in [5, 5.41) is 10.6. The molecule has 0 aromatic carbocycles. The molecule has 17 nitrogen and oxygen atoms in total. The molecule has 3 N–H and O–H groups in total. The maximum absolute atomic E-state index is 13.1. The number of unbranched alkanes of at least 4 members (excludes halogenated alkanes) is 46. The summed E-state index contributed by atoms with van der Waals surface area (Å²) in [6, 6.07) is 0. The highest BCUT2D eigenvalue weighted by Crippen LogP contribution is 2.45. The quantitative estimate of drug-likeness (QED) is 0.0169. The number of carbonyl (C=O) groups excluding carboxylic acids is 4. The minimum absolute atomic E-state index is 0.0850. The highest BCUT2D eigenvalue weighted by Gasteiger charge is 2.30. The minimum Gasteiger partial charge on any atom is -0.462 e. The van der Waals surface area contributed by atoms with Crippen molar-refractivity contribution < 1.29 is 80.2 Å². The third-order valence-corrected chi connectivity index (χ3v) is 19.8. The van der Waals surface area contributed by atoms with Gasteiger partial charge < -0.3 is 33.8 Å². The van der Waals surface area contributed by atoms with E-state index >= 15 is 0 Å². The van der Waals surface area contributed by atoms with Gasteiger partial charge in [0.15, 0.2) is 12.2 Å². The lowest BCUT2D eigenvalue weighted by molar-refractivity contribution is -0.161. The Kier molecular flexibility index (Phi) is 69.7. The second-order valence-corrected chi connectivity index (χ2v) is 31.2. The lowest BCUT2D eigenvalue weighted by Gasteiger charge is -2.21. The monoisotopic (exact) mass is 1430 g/mol. The summed E-state index contributed by atoms with van der Waals surface area (Å²) in [5.41, 5.74) is 0. The molecule has 2 unspecified atom stereocenters. The molecule has 0 bridgehead atoms. The Balaban J connectivity index is 5.21. The molecular weight excluding hydrogens is 1280 g/mol. The van der Waals surface area contributed by atoms with Gasteiger partial charge in [-0.2, -0.15) is 0 Å². The summed E-state index contributed by atoms with van der Waals surface area (Å²) < 4.78 is 68.5. The van der Waals surface area contributed by atoms with Gasteiger partial charge in [-0.15, -0.1) is 0 Å². The van der Waals surface area contributed by atoms with Gasteiger partial charge in [0.05, 0.1) is 26.4 Å². The van der Waals surface area contributed by atoms with Crippen molar-refractivity contribution in [3.05, 3.63) is 24.3 Å². The van der Waals surface area contributed by atoms with Crippen LogP contribution in [0.25, 0.3) is 0 Å². The number of carbonyl (C=O) groups is 4. The average Bonchev–Trinajstić information content (AvgIpc) is 1.09. The smallest absolute Gasteiger partial charge is 0.462 e. The lowest BCUT2D eigenvalue weighted by Crippen LogP contribution is -2.30. The molecule has 0 radical (unpaired) electrons. The highest BCUT2D eigenvalue weighted by atomic mass is 31.2. The van der Waals surface area contributed by atoms with E-state index in [4.69, 9.17) is 37.0 Å². The summed E-state index contributed by atoms with van der Waals surface area (Å²) in [5.74, 6) is -1.35. The van der Waals surface area contributed by atoms with Crippen LogP contribution in [-0.2, 0) is 65.4 Å². The molecule has 98 heavy (non-hydrogen) atoms. The van der Waals surface area contributed by atoms with Crippen LogP contribution < -0.4 is 0 Å². The van der Waals surface area contributed by atoms with Crippen molar-refractivity contribution in [3.63, 3.8) is 0 Å². The van der Waals surface area contributed by atoms with Gasteiger partial charge in [-0.05, 0) is 57.3 Å². The number of hydrogen-bond donors (Lipinski definition) is 3. The predicted octanol–water partition coefficient (Wildman–Crippen LogP) is 23.2. The number of ether oxygens (including phenoxy) is 4. The van der Waals surface area contributed by atoms with Gasteiger partial charge in [-0.3, -0.25) is 37.3 Å². The summed E-state index contributed by atoms with van der Waals surface area (Å²) >= 11 is 0. The molecule has 0 saturated heterocycles. The number of rotatable bonds is 77. The second-order valence-electron chi connectivity index (χ2n) is 28.2. The van der Waals surface area contributed by atoms with Gasteiger partial charge in [-0.1, -0.05) is 341 Å². The van der Waals surface area contributed by atoms with Crippen LogP contribution in [0.2, 0.25) is 0 Å². The molecule has 0 rings (SSSR count). The zero-order valence-corrected chi connectivity index (χ0v) is 65.2. The molecule has 0 spiro atoms. The number of allylic oxidation sites excluding steroid dienone is 4. The normalized spacial score (nSPS) is 14.1. The van der Waals surface area contributed by atoms with Crippen molar-refractivity contribution in [2.24, 2.45) is 5.92 Å². The number of esters is 4. The van der Waals surface area contributed by atoms with E-state index in [2.05, 4.69) is 58.9 Å². The van der Waals surface area contributed by atoms with Crippen molar-refractivity contribution >= 4 is 39.5 Å². The summed E-state index contributed by atoms with van der Waals surface area (Å²) in [6.45, 7) is 7.23. The molecule has 5 atom stereocenters. The molecule has 0 aromatic heterocycles. The Morgan fingerprint density at radius 2 is 0.551 bits per heavy atom. The fourth-order valence-electron chi connectivity index (χ4n) is 11.7. The number of phosphoric acid groups is 2. The van der Waals surface area contributed by atoms with E-state index in [1.54, 1.807) is 0 Å². The van der Waals surface area contributed by atoms with Crippen LogP contribution in [0.5, 0.6) is 0 Å². The topological polar surface area (TPSA) is 237 Å². The van der Waals surface area contributed by atoms with Crippen LogP contribution in [0, 0.1) is 5.92 Å². The van der Waals surface area contributed by atoms with Gasteiger partial charge >= 0.3 is 39.5 Å². The third kappa shape index (κ3) is 71.9. The number of aliphatic hydroxyl groups is 1. The first-order chi connectivity index (χ1) is 47.5. The van der Waals surface area contributed by atoms with E-state index < -0.39 is 97.5 Å². The van der Waals surface area contributed by atoms with E-state index in [1.807, 2.05) is 0 Å². The fraction of sp³-hybridized carbons (Fsp3) is 0.899. The van der Waals surface area contributed by atoms with E-state index in [0.29, 0.717) is 25.7 Å². The summed E-state index contributed by atoms with van der Waals surface area (Å²) in [6.07, 6.45) is 64.8. The van der Waals surface area contributed by atoms with Crippen molar-refractivity contribution in [2.75, 3.05) is 39.6 Å². The molecular formula is C79H150O17P2. The molecule has 0 aromatic rings. The Hall–Kier alpha value is -2.46. The molecule has 0 amide bonds. The SMILES string of the molecule is CCCCCC/C=C\C=C/CCCCCCCC(=O)O[C@H](COC(=O)CCCCCCCCC)COP(=O)(O)OC[C@H](O)COP(=O)(O)OC[C@@H](COC(=O)CCCCCCCCCCCCCCCCC(C)C)OC(=O)CCCCCCCCCCCCCCCCCCCCC. The van der Waals surface area contributed by atoms with Gasteiger partial charge in [-0.25, -0.2) is 9.13 Å². The molecule has 0 fully saturated rings. The minimum atomic E-state index is -4.96. The van der Waals surface area contributed by atoms with Crippen LogP contribution in [0.4, 0.5) is 0 Å². The standard InChI is InChI=1S/C79H150O17P2/c1-6-9-12-15-18-20-22-24-26-27-28-29-31-37-41-45-50-55-60-65-79(84)96-75(69-90-77(82)63-58-53-48-43-39-35-33-32-34-38-42-47-51-56-61-72(4)5)71-94-98(87,88)92-67-73(80)66-91-97(85,86)93-70-74(68-89-76(81)62-57-52-46-17-14-11-8-3)95-78(83)64-59-54-49-44-40-36-30-25-23-21-19-16-13-10-7-2/h21,23,25,30,72-75,80H,6-20,22,24,26-29,31-71H2,1-5H3,(H,85,86)(H,87,88)/b23-21-,30-25-/t73-,74+,75+/m0/s1. The lowest BCUT2D eigenvalue weighted by atomic mass is 10.0. The zero-order chi connectivity index (χ0) is 71.9. The van der Waals surface area contributed by atoms with E-state index in [-0.39, 0.29) is 25.7 Å². The van der Waals surface area contributed by atoms with Gasteiger partial charge in [0.2, 0.25) is 0 Å². The third-order valence-electron chi connectivity index (χ3n) is 17.9. The average molecular weight is 1430 g/mol. The molecule has 0 heterocycles. The van der Waals surface area contributed by atoms with Crippen molar-refractivity contribution in [3.8, 4) is 0 Å². The Bertz CT molecular complexity index is 1970. The van der Waals surface area contributed by atoms with E-state index in [0.717, 1.165) is 121 Å². The van der Waals surface area contributed by atoms with Gasteiger partial charge in [0.25, 0.3) is 0 Å².